The van der Waals surface area contributed by atoms with Gasteiger partial charge in [-0.05, 0) is 59.9 Å². The topological polar surface area (TPSA) is 76.8 Å². The van der Waals surface area contributed by atoms with Crippen molar-refractivity contribution in [3.8, 4) is 0 Å². The van der Waals surface area contributed by atoms with E-state index in [-0.39, 0.29) is 11.6 Å². The molecule has 1 aromatic heterocycles. The zero-order chi connectivity index (χ0) is 19.6. The third kappa shape index (κ3) is 5.18. The van der Waals surface area contributed by atoms with Crippen LogP contribution in [0.1, 0.15) is 59.9 Å². The van der Waals surface area contributed by atoms with Crippen LogP contribution >= 0.6 is 0 Å². The number of ether oxygens (including phenoxy) is 1. The maximum atomic E-state index is 12.2. The Kier molecular flexibility index (Phi) is 5.61. The van der Waals surface area contributed by atoms with Gasteiger partial charge in [-0.2, -0.15) is 10.1 Å². The fourth-order valence-corrected chi connectivity index (χ4v) is 3.06. The molecular weight excluding hydrogens is 332 g/mol. The third-order valence-corrected chi connectivity index (χ3v) is 4.49. The van der Waals surface area contributed by atoms with Crippen LogP contribution in [0.2, 0.25) is 0 Å². The molecule has 0 atom stereocenters. The molecule has 1 amide bonds. The van der Waals surface area contributed by atoms with Crippen molar-refractivity contribution in [1.29, 1.82) is 0 Å². The number of hydrogen-bond donors (Lipinski definition) is 0. The van der Waals surface area contributed by atoms with E-state index in [9.17, 15) is 9.59 Å². The van der Waals surface area contributed by atoms with Crippen LogP contribution < -0.4 is 0 Å². The number of carbonyl (C=O) groups is 1. The van der Waals surface area contributed by atoms with Crippen molar-refractivity contribution in [3.05, 3.63) is 18.0 Å². The molecule has 0 saturated carbocycles. The summed E-state index contributed by atoms with van der Waals surface area (Å²) in [5.74, 6) is 0. The number of aliphatic imine (C=N–C) groups is 1. The van der Waals surface area contributed by atoms with E-state index in [4.69, 9.17) is 4.74 Å². The van der Waals surface area contributed by atoms with Crippen molar-refractivity contribution in [3.63, 3.8) is 0 Å². The van der Waals surface area contributed by atoms with Gasteiger partial charge in [-0.15, -0.1) is 0 Å². The van der Waals surface area contributed by atoms with Gasteiger partial charge in [-0.1, -0.05) is 0 Å². The average Bonchev–Trinajstić information content (AvgIpc) is 2.95. The summed E-state index contributed by atoms with van der Waals surface area (Å²) in [5.41, 5.74) is -0.121. The molecule has 0 unspecified atom stereocenters. The first-order valence-electron chi connectivity index (χ1n) is 9.05. The number of isocyanates is 1. The highest BCUT2D eigenvalue weighted by atomic mass is 16.6. The van der Waals surface area contributed by atoms with E-state index >= 15 is 0 Å². The number of piperidine rings is 1. The normalized spacial score (nSPS) is 17.5. The molecule has 0 bridgehead atoms. The van der Waals surface area contributed by atoms with Gasteiger partial charge < -0.3 is 9.64 Å². The minimum Gasteiger partial charge on any atom is -0.444 e. The molecule has 0 aliphatic carbocycles. The van der Waals surface area contributed by atoms with Gasteiger partial charge in [0.2, 0.25) is 6.08 Å². The van der Waals surface area contributed by atoms with Gasteiger partial charge >= 0.3 is 6.09 Å². The highest BCUT2D eigenvalue weighted by molar-refractivity contribution is 5.68. The quantitative estimate of drug-likeness (QED) is 0.611. The Bertz CT molecular complexity index is 682. The van der Waals surface area contributed by atoms with Gasteiger partial charge in [0, 0.05) is 25.7 Å². The van der Waals surface area contributed by atoms with Crippen molar-refractivity contribution in [2.75, 3.05) is 13.1 Å². The van der Waals surface area contributed by atoms with Crippen LogP contribution in [-0.2, 0) is 21.5 Å². The first-order chi connectivity index (χ1) is 11.9. The van der Waals surface area contributed by atoms with Crippen LogP contribution in [0.15, 0.2) is 17.4 Å². The number of rotatable bonds is 3. The second-order valence-corrected chi connectivity index (χ2v) is 9.04. The maximum Gasteiger partial charge on any atom is 0.410 e. The minimum absolute atomic E-state index is 0.0978. The summed E-state index contributed by atoms with van der Waals surface area (Å²) in [6, 6.07) is 0. The maximum absolute atomic E-state index is 12.2. The van der Waals surface area contributed by atoms with E-state index in [1.54, 1.807) is 11.0 Å². The van der Waals surface area contributed by atoms with Gasteiger partial charge in [0.1, 0.15) is 5.60 Å². The van der Waals surface area contributed by atoms with Gasteiger partial charge in [-0.3, -0.25) is 4.68 Å². The van der Waals surface area contributed by atoms with Crippen LogP contribution in [0.5, 0.6) is 0 Å². The molecule has 1 saturated heterocycles. The van der Waals surface area contributed by atoms with E-state index in [1.165, 1.54) is 0 Å². The lowest BCUT2D eigenvalue weighted by Gasteiger charge is -2.38. The van der Waals surface area contributed by atoms with E-state index < -0.39 is 11.1 Å². The summed E-state index contributed by atoms with van der Waals surface area (Å²) in [4.78, 5) is 29.1. The highest BCUT2D eigenvalue weighted by Crippen LogP contribution is 2.31. The van der Waals surface area contributed by atoms with E-state index in [2.05, 4.69) is 30.9 Å². The summed E-state index contributed by atoms with van der Waals surface area (Å²) >= 11 is 0. The number of carbonyl (C=O) groups excluding carboxylic acids is 2. The smallest absolute Gasteiger partial charge is 0.410 e. The van der Waals surface area contributed by atoms with Crippen molar-refractivity contribution < 1.29 is 14.3 Å². The molecule has 0 aromatic carbocycles. The zero-order valence-electron chi connectivity index (χ0n) is 16.7. The summed E-state index contributed by atoms with van der Waals surface area (Å²) < 4.78 is 7.34. The summed E-state index contributed by atoms with van der Waals surface area (Å²) in [6.45, 7) is 12.8. The Hall–Kier alpha value is -2.14. The lowest BCUT2D eigenvalue weighted by atomic mass is 9.83. The second kappa shape index (κ2) is 7.23. The fourth-order valence-electron chi connectivity index (χ4n) is 3.06. The molecule has 2 heterocycles. The Morgan fingerprint density at radius 3 is 2.35 bits per heavy atom. The molecule has 7 nitrogen and oxygen atoms in total. The van der Waals surface area contributed by atoms with E-state index in [0.717, 1.165) is 5.56 Å². The number of likely N-dealkylation sites (tertiary alicyclic amines) is 1. The zero-order valence-corrected chi connectivity index (χ0v) is 16.7. The molecular formula is C19H30N4O3. The standard InChI is InChI=1S/C19H30N4O3/c1-17(2,3)23-13-15(12-21-23)11-19(20-14-24)7-9-22(10-8-19)16(25)26-18(4,5)6/h12-13H,7-11H2,1-6H3. The lowest BCUT2D eigenvalue weighted by molar-refractivity contribution is 0.0170. The number of aromatic nitrogens is 2. The summed E-state index contributed by atoms with van der Waals surface area (Å²) in [5, 5.41) is 4.42. The first-order valence-corrected chi connectivity index (χ1v) is 9.05. The van der Waals surface area contributed by atoms with Crippen LogP contribution in [0.4, 0.5) is 4.79 Å². The van der Waals surface area contributed by atoms with Gasteiger partial charge in [-0.25, -0.2) is 9.59 Å². The summed E-state index contributed by atoms with van der Waals surface area (Å²) in [7, 11) is 0. The first kappa shape index (κ1) is 20.2. The molecule has 1 fully saturated rings. The highest BCUT2D eigenvalue weighted by Gasteiger charge is 2.37. The van der Waals surface area contributed by atoms with Gasteiger partial charge in [0.15, 0.2) is 0 Å². The largest absolute Gasteiger partial charge is 0.444 e. The van der Waals surface area contributed by atoms with E-state index in [1.807, 2.05) is 37.8 Å². The van der Waals surface area contributed by atoms with Gasteiger partial charge in [0.05, 0.1) is 17.3 Å². The molecule has 1 aliphatic rings. The van der Waals surface area contributed by atoms with Crippen molar-refractivity contribution in [2.45, 2.75) is 77.5 Å². The Morgan fingerprint density at radius 2 is 1.88 bits per heavy atom. The van der Waals surface area contributed by atoms with Crippen molar-refractivity contribution >= 4 is 12.2 Å². The van der Waals surface area contributed by atoms with Crippen LogP contribution in [0.3, 0.4) is 0 Å². The van der Waals surface area contributed by atoms with Crippen LogP contribution in [0.25, 0.3) is 0 Å². The molecule has 0 radical (unpaired) electrons. The fraction of sp³-hybridized carbons (Fsp3) is 0.737. The predicted octanol–water partition coefficient (Wildman–Crippen LogP) is 3.29. The average molecular weight is 362 g/mol. The van der Waals surface area contributed by atoms with Crippen LogP contribution in [-0.4, -0.2) is 51.1 Å². The number of nitrogens with zero attached hydrogens (tertiary/aromatic N) is 4. The third-order valence-electron chi connectivity index (χ3n) is 4.49. The van der Waals surface area contributed by atoms with Crippen LogP contribution in [0, 0.1) is 0 Å². The molecule has 144 valence electrons. The lowest BCUT2D eigenvalue weighted by Crippen LogP contribution is -2.48. The molecule has 2 rings (SSSR count). The second-order valence-electron chi connectivity index (χ2n) is 9.04. The minimum atomic E-state index is -0.536. The predicted molar refractivity (Wildman–Crippen MR) is 98.8 cm³/mol. The number of amides is 1. The molecule has 7 heteroatoms. The molecule has 1 aliphatic heterocycles. The molecule has 0 spiro atoms. The Balaban J connectivity index is 2.07. The number of hydrogen-bond acceptors (Lipinski definition) is 5. The van der Waals surface area contributed by atoms with Crippen molar-refractivity contribution in [1.82, 2.24) is 14.7 Å². The monoisotopic (exact) mass is 362 g/mol. The molecule has 1 aromatic rings. The van der Waals surface area contributed by atoms with Gasteiger partial charge in [0.25, 0.3) is 0 Å². The molecule has 0 N–H and O–H groups in total. The van der Waals surface area contributed by atoms with Crippen molar-refractivity contribution in [2.24, 2.45) is 4.99 Å². The SMILES string of the molecule is CC(C)(C)OC(=O)N1CCC(Cc2cnn(C(C)(C)C)c2)(N=C=O)CC1. The van der Waals surface area contributed by atoms with E-state index in [0.29, 0.717) is 32.4 Å². The Morgan fingerprint density at radius 1 is 1.27 bits per heavy atom. The Labute approximate surface area is 155 Å². The summed E-state index contributed by atoms with van der Waals surface area (Å²) in [6.07, 6.45) is 7.05. The molecule has 26 heavy (non-hydrogen) atoms.